The molecular weight excluding hydrogens is 258 g/mol. The molecule has 7 nitrogen and oxygen atoms in total. The summed E-state index contributed by atoms with van der Waals surface area (Å²) in [5, 5.41) is 9.50. The number of aromatic nitrogens is 4. The molecule has 0 amide bonds. The first-order valence-electron chi connectivity index (χ1n) is 6.84. The van der Waals surface area contributed by atoms with Gasteiger partial charge in [0.2, 0.25) is 0 Å². The Morgan fingerprint density at radius 1 is 1.45 bits per heavy atom. The maximum Gasteiger partial charge on any atom is 0.349 e. The Bertz CT molecular complexity index is 617. The first-order chi connectivity index (χ1) is 9.58. The van der Waals surface area contributed by atoms with Crippen LogP contribution in [0.3, 0.4) is 0 Å². The summed E-state index contributed by atoms with van der Waals surface area (Å²) in [6.07, 6.45) is 1.07. The monoisotopic (exact) mass is 279 g/mol. The molecular formula is C13H21N5O2. The third-order valence-corrected chi connectivity index (χ3v) is 2.96. The summed E-state index contributed by atoms with van der Waals surface area (Å²) >= 11 is 0. The summed E-state index contributed by atoms with van der Waals surface area (Å²) in [5.74, 6) is 1.96. The van der Waals surface area contributed by atoms with Crippen molar-refractivity contribution in [2.75, 3.05) is 25.1 Å². The Morgan fingerprint density at radius 2 is 2.25 bits per heavy atom. The third kappa shape index (κ3) is 3.57. The van der Waals surface area contributed by atoms with Gasteiger partial charge in [0.25, 0.3) is 0 Å². The van der Waals surface area contributed by atoms with E-state index in [1.807, 2.05) is 0 Å². The first-order valence-corrected chi connectivity index (χ1v) is 6.84. The van der Waals surface area contributed by atoms with E-state index in [1.54, 1.807) is 13.0 Å². The van der Waals surface area contributed by atoms with Crippen LogP contribution in [0.1, 0.15) is 26.1 Å². The zero-order chi connectivity index (χ0) is 14.5. The van der Waals surface area contributed by atoms with Crippen molar-refractivity contribution in [1.82, 2.24) is 19.6 Å². The summed E-state index contributed by atoms with van der Waals surface area (Å²) in [7, 11) is 0. The Labute approximate surface area is 117 Å². The number of nitrogens with one attached hydrogen (secondary N) is 2. The number of anilines is 1. The van der Waals surface area contributed by atoms with Gasteiger partial charge in [-0.1, -0.05) is 13.8 Å². The maximum atomic E-state index is 11.5. The van der Waals surface area contributed by atoms with Gasteiger partial charge >= 0.3 is 5.69 Å². The lowest BCUT2D eigenvalue weighted by Crippen LogP contribution is -2.15. The molecule has 7 heteroatoms. The number of fused-ring (bicyclic) bond motifs is 1. The predicted octanol–water partition coefficient (Wildman–Crippen LogP) is 1.20. The molecule has 0 bridgehead atoms. The molecule has 0 radical (unpaired) electrons. The highest BCUT2D eigenvalue weighted by Crippen LogP contribution is 2.07. The van der Waals surface area contributed by atoms with Crippen molar-refractivity contribution >= 4 is 11.5 Å². The van der Waals surface area contributed by atoms with Crippen molar-refractivity contribution < 1.29 is 4.74 Å². The molecule has 2 heterocycles. The lowest BCUT2D eigenvalue weighted by atomic mass is 10.1. The van der Waals surface area contributed by atoms with E-state index >= 15 is 0 Å². The van der Waals surface area contributed by atoms with Gasteiger partial charge in [-0.05, 0) is 19.3 Å². The molecule has 2 aromatic heterocycles. The van der Waals surface area contributed by atoms with Crippen molar-refractivity contribution in [1.29, 1.82) is 0 Å². The SMILES string of the molecule is Cc1nc(NCCOCCC(C)C)cc2n[nH]c(=O)n12. The fourth-order valence-corrected chi connectivity index (χ4v) is 1.86. The lowest BCUT2D eigenvalue weighted by molar-refractivity contribution is 0.132. The molecule has 0 saturated carbocycles. The number of rotatable bonds is 7. The topological polar surface area (TPSA) is 84.3 Å². The molecule has 0 aliphatic heterocycles. The molecule has 2 rings (SSSR count). The van der Waals surface area contributed by atoms with Crippen LogP contribution in [0.2, 0.25) is 0 Å². The standard InChI is InChI=1S/C13H21N5O2/c1-9(2)4-6-20-7-5-14-11-8-12-16-17-13(19)18(12)10(3)15-11/h8-9,14H,4-7H2,1-3H3,(H,17,19). The average molecular weight is 279 g/mol. The van der Waals surface area contributed by atoms with E-state index in [0.29, 0.717) is 36.4 Å². The molecule has 0 atom stereocenters. The second-order valence-electron chi connectivity index (χ2n) is 5.13. The van der Waals surface area contributed by atoms with Gasteiger partial charge in [-0.3, -0.25) is 0 Å². The van der Waals surface area contributed by atoms with Crippen LogP contribution in [0, 0.1) is 12.8 Å². The summed E-state index contributed by atoms with van der Waals surface area (Å²) < 4.78 is 6.96. The minimum atomic E-state index is -0.270. The van der Waals surface area contributed by atoms with Crippen LogP contribution in [0.15, 0.2) is 10.9 Å². The Morgan fingerprint density at radius 3 is 3.00 bits per heavy atom. The van der Waals surface area contributed by atoms with Crippen LogP contribution < -0.4 is 11.0 Å². The first kappa shape index (κ1) is 14.5. The molecule has 20 heavy (non-hydrogen) atoms. The molecule has 0 unspecified atom stereocenters. The minimum absolute atomic E-state index is 0.270. The molecule has 2 aromatic rings. The summed E-state index contributed by atoms with van der Waals surface area (Å²) in [6, 6.07) is 1.74. The van der Waals surface area contributed by atoms with Crippen LogP contribution in [-0.2, 0) is 4.74 Å². The Balaban J connectivity index is 1.86. The van der Waals surface area contributed by atoms with Crippen molar-refractivity contribution in [3.63, 3.8) is 0 Å². The molecule has 0 aliphatic rings. The molecule has 0 saturated heterocycles. The highest BCUT2D eigenvalue weighted by Gasteiger charge is 2.06. The van der Waals surface area contributed by atoms with Crippen molar-refractivity contribution in [2.24, 2.45) is 5.92 Å². The third-order valence-electron chi connectivity index (χ3n) is 2.96. The second-order valence-corrected chi connectivity index (χ2v) is 5.13. The highest BCUT2D eigenvalue weighted by molar-refractivity contribution is 5.49. The van der Waals surface area contributed by atoms with Crippen molar-refractivity contribution in [3.8, 4) is 0 Å². The van der Waals surface area contributed by atoms with Gasteiger partial charge in [-0.25, -0.2) is 19.3 Å². The number of nitrogens with zero attached hydrogens (tertiary/aromatic N) is 3. The van der Waals surface area contributed by atoms with E-state index in [2.05, 4.69) is 34.3 Å². The number of ether oxygens (including phenoxy) is 1. The Hall–Kier alpha value is -1.89. The zero-order valence-electron chi connectivity index (χ0n) is 12.1. The number of hydrogen-bond donors (Lipinski definition) is 2. The average Bonchev–Trinajstić information content (AvgIpc) is 2.75. The van der Waals surface area contributed by atoms with E-state index in [-0.39, 0.29) is 5.69 Å². The smallest absolute Gasteiger partial charge is 0.349 e. The van der Waals surface area contributed by atoms with Gasteiger partial charge in [0, 0.05) is 19.2 Å². The minimum Gasteiger partial charge on any atom is -0.380 e. The van der Waals surface area contributed by atoms with Gasteiger partial charge in [-0.15, -0.1) is 0 Å². The Kier molecular flexibility index (Phi) is 4.73. The lowest BCUT2D eigenvalue weighted by Gasteiger charge is -2.09. The van der Waals surface area contributed by atoms with Crippen molar-refractivity contribution in [2.45, 2.75) is 27.2 Å². The van der Waals surface area contributed by atoms with E-state index < -0.39 is 0 Å². The fourth-order valence-electron chi connectivity index (χ4n) is 1.86. The van der Waals surface area contributed by atoms with Crippen LogP contribution in [0.4, 0.5) is 5.82 Å². The molecule has 2 N–H and O–H groups in total. The summed E-state index contributed by atoms with van der Waals surface area (Å²) in [4.78, 5) is 15.8. The van der Waals surface area contributed by atoms with Gasteiger partial charge in [0.1, 0.15) is 11.6 Å². The van der Waals surface area contributed by atoms with Gasteiger partial charge < -0.3 is 10.1 Å². The largest absolute Gasteiger partial charge is 0.380 e. The second kappa shape index (κ2) is 6.51. The van der Waals surface area contributed by atoms with Crippen LogP contribution in [0.25, 0.3) is 5.65 Å². The van der Waals surface area contributed by atoms with E-state index in [0.717, 1.165) is 13.0 Å². The van der Waals surface area contributed by atoms with Crippen LogP contribution >= 0.6 is 0 Å². The summed E-state index contributed by atoms with van der Waals surface area (Å²) in [5.41, 5.74) is 0.291. The van der Waals surface area contributed by atoms with Gasteiger partial charge in [0.05, 0.1) is 6.61 Å². The van der Waals surface area contributed by atoms with E-state index in [4.69, 9.17) is 4.74 Å². The normalized spacial score (nSPS) is 11.4. The summed E-state index contributed by atoms with van der Waals surface area (Å²) in [6.45, 7) is 8.21. The molecule has 0 spiro atoms. The molecule has 0 aliphatic carbocycles. The predicted molar refractivity (Wildman–Crippen MR) is 77.1 cm³/mol. The number of hydrogen-bond acceptors (Lipinski definition) is 5. The number of aryl methyl sites for hydroxylation is 1. The molecule has 0 fully saturated rings. The zero-order valence-corrected chi connectivity index (χ0v) is 12.1. The van der Waals surface area contributed by atoms with E-state index in [1.165, 1.54) is 4.40 Å². The maximum absolute atomic E-state index is 11.5. The highest BCUT2D eigenvalue weighted by atomic mass is 16.5. The number of H-pyrrole nitrogens is 1. The molecule has 0 aromatic carbocycles. The van der Waals surface area contributed by atoms with Crippen molar-refractivity contribution in [3.05, 3.63) is 22.4 Å². The molecule has 110 valence electrons. The van der Waals surface area contributed by atoms with Gasteiger partial charge in [-0.2, -0.15) is 5.10 Å². The van der Waals surface area contributed by atoms with Crippen LogP contribution in [0.5, 0.6) is 0 Å². The van der Waals surface area contributed by atoms with E-state index in [9.17, 15) is 4.79 Å². The quantitative estimate of drug-likeness (QED) is 0.744. The number of aromatic amines is 1. The van der Waals surface area contributed by atoms with Crippen LogP contribution in [-0.4, -0.2) is 39.3 Å². The van der Waals surface area contributed by atoms with Gasteiger partial charge in [0.15, 0.2) is 5.65 Å². The fraction of sp³-hybridized carbons (Fsp3) is 0.615.